The van der Waals surface area contributed by atoms with Gasteiger partial charge in [-0.1, -0.05) is 11.3 Å². The van der Waals surface area contributed by atoms with Gasteiger partial charge in [-0.15, -0.1) is 10.2 Å². The Morgan fingerprint density at radius 1 is 1.36 bits per heavy atom. The highest BCUT2D eigenvalue weighted by Gasteiger charge is 2.01. The average Bonchev–Trinajstić information content (AvgIpc) is 2.56. The van der Waals surface area contributed by atoms with Gasteiger partial charge in [0.15, 0.2) is 5.43 Å². The molecular weight excluding hydrogens is 222 g/mol. The van der Waals surface area contributed by atoms with E-state index in [9.17, 15) is 4.79 Å². The molecule has 0 N–H and O–H groups in total. The van der Waals surface area contributed by atoms with E-state index in [1.54, 1.807) is 12.4 Å². The van der Waals surface area contributed by atoms with E-state index in [0.717, 1.165) is 5.01 Å². The van der Waals surface area contributed by atoms with Crippen molar-refractivity contribution in [2.75, 3.05) is 0 Å². The van der Waals surface area contributed by atoms with Crippen LogP contribution in [0.15, 0.2) is 29.3 Å². The normalized spacial score (nSPS) is 10.4. The van der Waals surface area contributed by atoms with Crippen LogP contribution >= 0.6 is 22.9 Å². The largest absolute Gasteiger partial charge is 0.347 e. The minimum atomic E-state index is -0.00320. The highest BCUT2D eigenvalue weighted by atomic mass is 35.5. The zero-order chi connectivity index (χ0) is 9.97. The van der Waals surface area contributed by atoms with Gasteiger partial charge >= 0.3 is 0 Å². The third kappa shape index (κ3) is 2.18. The van der Waals surface area contributed by atoms with Crippen molar-refractivity contribution >= 4 is 22.9 Å². The monoisotopic (exact) mass is 227 g/mol. The molecule has 2 heterocycles. The number of nitrogens with zero attached hydrogens (tertiary/aromatic N) is 3. The van der Waals surface area contributed by atoms with Crippen LogP contribution in [0.25, 0.3) is 0 Å². The average molecular weight is 228 g/mol. The lowest BCUT2D eigenvalue weighted by atomic mass is 10.4. The van der Waals surface area contributed by atoms with E-state index >= 15 is 0 Å². The molecule has 0 bridgehead atoms. The van der Waals surface area contributed by atoms with Crippen LogP contribution in [0.2, 0.25) is 4.47 Å². The Kier molecular flexibility index (Phi) is 2.60. The van der Waals surface area contributed by atoms with Crippen molar-refractivity contribution < 1.29 is 0 Å². The maximum atomic E-state index is 10.8. The highest BCUT2D eigenvalue weighted by molar-refractivity contribution is 7.15. The van der Waals surface area contributed by atoms with E-state index < -0.39 is 0 Å². The van der Waals surface area contributed by atoms with E-state index in [0.29, 0.717) is 11.0 Å². The molecule has 0 radical (unpaired) electrons. The fourth-order valence-electron chi connectivity index (χ4n) is 1.00. The molecular formula is C8H6ClN3OS. The van der Waals surface area contributed by atoms with Gasteiger partial charge in [-0.25, -0.2) is 0 Å². The van der Waals surface area contributed by atoms with Crippen LogP contribution in [0.3, 0.4) is 0 Å². The van der Waals surface area contributed by atoms with E-state index in [1.807, 2.05) is 4.57 Å². The molecule has 0 spiro atoms. The number of rotatable bonds is 2. The Bertz CT molecular complexity index is 473. The molecule has 0 aromatic carbocycles. The van der Waals surface area contributed by atoms with Crippen molar-refractivity contribution in [2.45, 2.75) is 6.54 Å². The van der Waals surface area contributed by atoms with E-state index in [2.05, 4.69) is 10.2 Å². The summed E-state index contributed by atoms with van der Waals surface area (Å²) in [7, 11) is 0. The summed E-state index contributed by atoms with van der Waals surface area (Å²) in [6, 6.07) is 3.01. The molecule has 0 fully saturated rings. The van der Waals surface area contributed by atoms with Gasteiger partial charge in [0.2, 0.25) is 4.47 Å². The Morgan fingerprint density at radius 3 is 2.64 bits per heavy atom. The van der Waals surface area contributed by atoms with Crippen LogP contribution in [-0.2, 0) is 6.54 Å². The SMILES string of the molecule is O=c1ccn(Cc2nnc(Cl)s2)cc1. The van der Waals surface area contributed by atoms with Crippen molar-refractivity contribution in [1.82, 2.24) is 14.8 Å². The lowest BCUT2D eigenvalue weighted by Crippen LogP contribution is -2.04. The predicted octanol–water partition coefficient (Wildman–Crippen LogP) is 1.40. The fraction of sp³-hybridized carbons (Fsp3) is 0.125. The lowest BCUT2D eigenvalue weighted by molar-refractivity contribution is 0.769. The third-order valence-electron chi connectivity index (χ3n) is 1.62. The van der Waals surface area contributed by atoms with Gasteiger partial charge in [-0.3, -0.25) is 4.79 Å². The molecule has 0 unspecified atom stereocenters. The molecule has 0 saturated heterocycles. The summed E-state index contributed by atoms with van der Waals surface area (Å²) >= 11 is 6.97. The smallest absolute Gasteiger partial charge is 0.207 e. The second kappa shape index (κ2) is 3.89. The molecule has 0 aliphatic heterocycles. The molecule has 0 amide bonds. The van der Waals surface area contributed by atoms with Crippen LogP contribution in [-0.4, -0.2) is 14.8 Å². The summed E-state index contributed by atoms with van der Waals surface area (Å²) in [5, 5.41) is 8.38. The first-order valence-corrected chi connectivity index (χ1v) is 5.07. The Hall–Kier alpha value is -1.20. The maximum Gasteiger partial charge on any atom is 0.207 e. The van der Waals surface area contributed by atoms with Crippen molar-refractivity contribution in [3.05, 3.63) is 44.2 Å². The van der Waals surface area contributed by atoms with Crippen molar-refractivity contribution in [3.8, 4) is 0 Å². The Labute approximate surface area is 88.8 Å². The van der Waals surface area contributed by atoms with E-state index in [4.69, 9.17) is 11.6 Å². The molecule has 72 valence electrons. The quantitative estimate of drug-likeness (QED) is 0.779. The van der Waals surface area contributed by atoms with Crippen LogP contribution < -0.4 is 5.43 Å². The van der Waals surface area contributed by atoms with Crippen molar-refractivity contribution in [1.29, 1.82) is 0 Å². The van der Waals surface area contributed by atoms with Gasteiger partial charge in [0.25, 0.3) is 0 Å². The second-order valence-corrected chi connectivity index (χ2v) is 4.30. The first-order valence-electron chi connectivity index (χ1n) is 3.88. The Balaban J connectivity index is 2.19. The molecule has 0 aliphatic rings. The fourth-order valence-corrected chi connectivity index (χ4v) is 1.88. The lowest BCUT2D eigenvalue weighted by Gasteiger charge is -2.00. The minimum Gasteiger partial charge on any atom is -0.347 e. The molecule has 0 saturated carbocycles. The zero-order valence-corrected chi connectivity index (χ0v) is 8.63. The van der Waals surface area contributed by atoms with E-state index in [-0.39, 0.29) is 5.43 Å². The summed E-state index contributed by atoms with van der Waals surface area (Å²) in [5.41, 5.74) is -0.00320. The third-order valence-corrected chi connectivity index (χ3v) is 2.62. The number of aromatic nitrogens is 3. The maximum absolute atomic E-state index is 10.8. The molecule has 0 atom stereocenters. The van der Waals surface area contributed by atoms with Crippen molar-refractivity contribution in [2.24, 2.45) is 0 Å². The summed E-state index contributed by atoms with van der Waals surface area (Å²) in [5.74, 6) is 0. The molecule has 14 heavy (non-hydrogen) atoms. The Morgan fingerprint density at radius 2 is 2.07 bits per heavy atom. The van der Waals surface area contributed by atoms with Gasteiger partial charge in [0.1, 0.15) is 5.01 Å². The first kappa shape index (κ1) is 9.36. The molecule has 4 nitrogen and oxygen atoms in total. The van der Waals surface area contributed by atoms with Gasteiger partial charge < -0.3 is 4.57 Å². The van der Waals surface area contributed by atoms with Crippen LogP contribution in [0.4, 0.5) is 0 Å². The van der Waals surface area contributed by atoms with Crippen molar-refractivity contribution in [3.63, 3.8) is 0 Å². The molecule has 2 rings (SSSR count). The summed E-state index contributed by atoms with van der Waals surface area (Å²) in [6.45, 7) is 0.588. The molecule has 2 aromatic rings. The predicted molar refractivity (Wildman–Crippen MR) is 54.7 cm³/mol. The van der Waals surface area contributed by atoms with Gasteiger partial charge in [0.05, 0.1) is 6.54 Å². The van der Waals surface area contributed by atoms with Gasteiger partial charge in [-0.2, -0.15) is 0 Å². The molecule has 6 heteroatoms. The molecule has 2 aromatic heterocycles. The van der Waals surface area contributed by atoms with Crippen LogP contribution in [0, 0.1) is 0 Å². The van der Waals surface area contributed by atoms with Gasteiger partial charge in [0, 0.05) is 24.5 Å². The van der Waals surface area contributed by atoms with E-state index in [1.165, 1.54) is 23.5 Å². The zero-order valence-electron chi connectivity index (χ0n) is 7.05. The topological polar surface area (TPSA) is 47.8 Å². The summed E-state index contributed by atoms with van der Waals surface area (Å²) < 4.78 is 2.28. The minimum absolute atomic E-state index is 0.00320. The second-order valence-electron chi connectivity index (χ2n) is 2.65. The van der Waals surface area contributed by atoms with Crippen LogP contribution in [0.1, 0.15) is 5.01 Å². The summed E-state index contributed by atoms with van der Waals surface area (Å²) in [4.78, 5) is 10.8. The standard InChI is InChI=1S/C8H6ClN3OS/c9-8-11-10-7(14-8)5-12-3-1-6(13)2-4-12/h1-4H,5H2. The molecule has 0 aliphatic carbocycles. The number of halogens is 1. The van der Waals surface area contributed by atoms with Crippen LogP contribution in [0.5, 0.6) is 0 Å². The number of pyridine rings is 1. The number of hydrogen-bond donors (Lipinski definition) is 0. The van der Waals surface area contributed by atoms with Gasteiger partial charge in [-0.05, 0) is 11.6 Å². The highest BCUT2D eigenvalue weighted by Crippen LogP contribution is 2.15. The first-order chi connectivity index (χ1) is 6.74. The summed E-state index contributed by atoms with van der Waals surface area (Å²) in [6.07, 6.45) is 3.41. The number of hydrogen-bond acceptors (Lipinski definition) is 4.